The number of amides is 1. The molecule has 1 aromatic carbocycles. The highest BCUT2D eigenvalue weighted by Crippen LogP contribution is 2.20. The van der Waals surface area contributed by atoms with Crippen LogP contribution in [0.3, 0.4) is 0 Å². The molecule has 0 aromatic heterocycles. The van der Waals surface area contributed by atoms with E-state index in [1.807, 2.05) is 19.1 Å². The Hall–Kier alpha value is -1.59. The van der Waals surface area contributed by atoms with Crippen molar-refractivity contribution in [3.05, 3.63) is 29.3 Å². The van der Waals surface area contributed by atoms with Gasteiger partial charge in [-0.3, -0.25) is 4.79 Å². The molecule has 1 amide bonds. The van der Waals surface area contributed by atoms with E-state index in [1.165, 1.54) is 0 Å². The number of carbonyl (C=O) groups is 1. The standard InChI is InChI=1S/C14H20N2O3/c1-10-3-4-11(7-13(10)18-2)14(17)16-5-6-19-12(8-15)9-16/h3-4,7,12H,5-6,8-9,15H2,1-2H3. The number of ether oxygens (including phenoxy) is 2. The van der Waals surface area contributed by atoms with Crippen molar-refractivity contribution >= 4 is 5.91 Å². The number of methoxy groups -OCH3 is 1. The van der Waals surface area contributed by atoms with E-state index in [1.54, 1.807) is 18.1 Å². The fourth-order valence-electron chi connectivity index (χ4n) is 2.18. The quantitative estimate of drug-likeness (QED) is 0.877. The third-order valence-corrected chi connectivity index (χ3v) is 3.34. The third kappa shape index (κ3) is 3.05. The van der Waals surface area contributed by atoms with E-state index in [-0.39, 0.29) is 12.0 Å². The number of hydrogen-bond donors (Lipinski definition) is 1. The molecular weight excluding hydrogens is 244 g/mol. The maximum absolute atomic E-state index is 12.4. The number of morpholine rings is 1. The average molecular weight is 264 g/mol. The van der Waals surface area contributed by atoms with Gasteiger partial charge in [-0.1, -0.05) is 6.07 Å². The summed E-state index contributed by atoms with van der Waals surface area (Å²) in [5.41, 5.74) is 7.24. The Bertz CT molecular complexity index is 462. The zero-order valence-electron chi connectivity index (χ0n) is 11.4. The minimum Gasteiger partial charge on any atom is -0.496 e. The molecule has 5 heteroatoms. The summed E-state index contributed by atoms with van der Waals surface area (Å²) in [7, 11) is 1.61. The molecule has 5 nitrogen and oxygen atoms in total. The summed E-state index contributed by atoms with van der Waals surface area (Å²) in [4.78, 5) is 14.2. The third-order valence-electron chi connectivity index (χ3n) is 3.34. The van der Waals surface area contributed by atoms with Gasteiger partial charge in [0.05, 0.1) is 19.8 Å². The normalized spacial score (nSPS) is 19.3. The second kappa shape index (κ2) is 6.04. The number of benzene rings is 1. The molecule has 1 fully saturated rings. The molecule has 19 heavy (non-hydrogen) atoms. The van der Waals surface area contributed by atoms with Crippen molar-refractivity contribution in [1.29, 1.82) is 0 Å². The van der Waals surface area contributed by atoms with Gasteiger partial charge in [-0.15, -0.1) is 0 Å². The molecule has 1 aliphatic rings. The van der Waals surface area contributed by atoms with Gasteiger partial charge in [0.15, 0.2) is 0 Å². The van der Waals surface area contributed by atoms with Crippen molar-refractivity contribution < 1.29 is 14.3 Å². The van der Waals surface area contributed by atoms with E-state index in [4.69, 9.17) is 15.2 Å². The monoisotopic (exact) mass is 264 g/mol. The molecule has 0 spiro atoms. The molecule has 1 unspecified atom stereocenters. The average Bonchev–Trinajstić information content (AvgIpc) is 2.47. The van der Waals surface area contributed by atoms with Crippen LogP contribution in [0.2, 0.25) is 0 Å². The van der Waals surface area contributed by atoms with Crippen LogP contribution in [-0.4, -0.2) is 50.3 Å². The predicted octanol–water partition coefficient (Wildman–Crippen LogP) is 0.803. The van der Waals surface area contributed by atoms with E-state index < -0.39 is 0 Å². The Balaban J connectivity index is 2.14. The molecule has 2 N–H and O–H groups in total. The number of nitrogens with two attached hydrogens (primary N) is 1. The molecule has 0 radical (unpaired) electrons. The van der Waals surface area contributed by atoms with E-state index in [9.17, 15) is 4.79 Å². The SMILES string of the molecule is COc1cc(C(=O)N2CCOC(CN)C2)ccc1C. The van der Waals surface area contributed by atoms with Gasteiger partial charge in [-0.2, -0.15) is 0 Å². The Morgan fingerprint density at radius 1 is 1.58 bits per heavy atom. The molecule has 0 saturated carbocycles. The highest BCUT2D eigenvalue weighted by molar-refractivity contribution is 5.94. The van der Waals surface area contributed by atoms with Gasteiger partial charge in [0.25, 0.3) is 5.91 Å². The van der Waals surface area contributed by atoms with Gasteiger partial charge in [-0.25, -0.2) is 0 Å². The molecular formula is C14H20N2O3. The van der Waals surface area contributed by atoms with Crippen LogP contribution in [-0.2, 0) is 4.74 Å². The highest BCUT2D eigenvalue weighted by atomic mass is 16.5. The van der Waals surface area contributed by atoms with Gasteiger partial charge >= 0.3 is 0 Å². The number of carbonyl (C=O) groups excluding carboxylic acids is 1. The summed E-state index contributed by atoms with van der Waals surface area (Å²) in [5, 5.41) is 0. The topological polar surface area (TPSA) is 64.8 Å². The minimum atomic E-state index is -0.0648. The summed E-state index contributed by atoms with van der Waals surface area (Å²) >= 11 is 0. The maximum atomic E-state index is 12.4. The summed E-state index contributed by atoms with van der Waals surface area (Å²) < 4.78 is 10.7. The lowest BCUT2D eigenvalue weighted by molar-refractivity contribution is -0.0167. The zero-order chi connectivity index (χ0) is 13.8. The first-order valence-electron chi connectivity index (χ1n) is 6.41. The Labute approximate surface area is 113 Å². The first-order chi connectivity index (χ1) is 9.15. The highest BCUT2D eigenvalue weighted by Gasteiger charge is 2.24. The van der Waals surface area contributed by atoms with Crippen molar-refractivity contribution in [3.63, 3.8) is 0 Å². The van der Waals surface area contributed by atoms with E-state index in [0.717, 1.165) is 11.3 Å². The van der Waals surface area contributed by atoms with Gasteiger partial charge in [-0.05, 0) is 24.6 Å². The zero-order valence-corrected chi connectivity index (χ0v) is 11.4. The number of nitrogens with zero attached hydrogens (tertiary/aromatic N) is 1. The van der Waals surface area contributed by atoms with Gasteiger partial charge in [0.2, 0.25) is 0 Å². The van der Waals surface area contributed by atoms with Crippen LogP contribution >= 0.6 is 0 Å². The molecule has 0 bridgehead atoms. The second-order valence-corrected chi connectivity index (χ2v) is 4.66. The van der Waals surface area contributed by atoms with Crippen LogP contribution in [0.1, 0.15) is 15.9 Å². The molecule has 2 rings (SSSR count). The summed E-state index contributed by atoms with van der Waals surface area (Å²) in [6, 6.07) is 5.50. The van der Waals surface area contributed by atoms with Gasteiger partial charge in [0.1, 0.15) is 5.75 Å². The number of aryl methyl sites for hydroxylation is 1. The lowest BCUT2D eigenvalue weighted by Gasteiger charge is -2.32. The van der Waals surface area contributed by atoms with Crippen molar-refractivity contribution in [2.75, 3.05) is 33.4 Å². The molecule has 104 valence electrons. The number of rotatable bonds is 3. The van der Waals surface area contributed by atoms with Crippen LogP contribution < -0.4 is 10.5 Å². The fourth-order valence-corrected chi connectivity index (χ4v) is 2.18. The molecule has 1 heterocycles. The van der Waals surface area contributed by atoms with Crippen molar-refractivity contribution in [1.82, 2.24) is 4.90 Å². The van der Waals surface area contributed by atoms with Crippen molar-refractivity contribution in [3.8, 4) is 5.75 Å². The molecule has 1 atom stereocenters. The van der Waals surface area contributed by atoms with Gasteiger partial charge in [0, 0.05) is 25.2 Å². The minimum absolute atomic E-state index is 0.0000463. The largest absolute Gasteiger partial charge is 0.496 e. The Kier molecular flexibility index (Phi) is 4.39. The molecule has 1 aromatic rings. The van der Waals surface area contributed by atoms with Crippen LogP contribution in [0.25, 0.3) is 0 Å². The lowest BCUT2D eigenvalue weighted by Crippen LogP contribution is -2.48. The molecule has 1 aliphatic heterocycles. The molecule has 1 saturated heterocycles. The fraction of sp³-hybridized carbons (Fsp3) is 0.500. The van der Waals surface area contributed by atoms with E-state index in [0.29, 0.717) is 31.8 Å². The molecule has 0 aliphatic carbocycles. The first-order valence-corrected chi connectivity index (χ1v) is 6.41. The van der Waals surface area contributed by atoms with Crippen LogP contribution in [0.5, 0.6) is 5.75 Å². The van der Waals surface area contributed by atoms with E-state index >= 15 is 0 Å². The predicted molar refractivity (Wildman–Crippen MR) is 72.4 cm³/mol. The Morgan fingerprint density at radius 3 is 3.05 bits per heavy atom. The summed E-state index contributed by atoms with van der Waals surface area (Å²) in [6.45, 7) is 4.07. The Morgan fingerprint density at radius 2 is 2.37 bits per heavy atom. The van der Waals surface area contributed by atoms with Crippen molar-refractivity contribution in [2.45, 2.75) is 13.0 Å². The summed E-state index contributed by atoms with van der Waals surface area (Å²) in [5.74, 6) is 0.731. The van der Waals surface area contributed by atoms with Crippen LogP contribution in [0.15, 0.2) is 18.2 Å². The smallest absolute Gasteiger partial charge is 0.254 e. The first kappa shape index (κ1) is 13.8. The second-order valence-electron chi connectivity index (χ2n) is 4.66. The van der Waals surface area contributed by atoms with E-state index in [2.05, 4.69) is 0 Å². The lowest BCUT2D eigenvalue weighted by atomic mass is 10.1. The summed E-state index contributed by atoms with van der Waals surface area (Å²) in [6.07, 6.45) is -0.0648. The van der Waals surface area contributed by atoms with Crippen LogP contribution in [0.4, 0.5) is 0 Å². The maximum Gasteiger partial charge on any atom is 0.254 e. The van der Waals surface area contributed by atoms with Crippen molar-refractivity contribution in [2.24, 2.45) is 5.73 Å². The van der Waals surface area contributed by atoms with Gasteiger partial charge < -0.3 is 20.1 Å². The number of hydrogen-bond acceptors (Lipinski definition) is 4. The van der Waals surface area contributed by atoms with Crippen LogP contribution in [0, 0.1) is 6.92 Å².